The summed E-state index contributed by atoms with van der Waals surface area (Å²) in [5, 5.41) is 9.25. The first-order valence-corrected chi connectivity index (χ1v) is 7.70. The van der Waals surface area contributed by atoms with Crippen molar-refractivity contribution in [1.82, 2.24) is 9.55 Å². The van der Waals surface area contributed by atoms with Crippen molar-refractivity contribution in [3.63, 3.8) is 0 Å². The van der Waals surface area contributed by atoms with Gasteiger partial charge in [-0.1, -0.05) is 43.7 Å². The fourth-order valence-electron chi connectivity index (χ4n) is 2.17. The van der Waals surface area contributed by atoms with E-state index < -0.39 is 0 Å². The first-order chi connectivity index (χ1) is 9.69. The highest BCUT2D eigenvalue weighted by Crippen LogP contribution is 2.30. The quantitative estimate of drug-likeness (QED) is 0.793. The van der Waals surface area contributed by atoms with E-state index in [4.69, 9.17) is 4.98 Å². The second-order valence-electron chi connectivity index (χ2n) is 4.82. The van der Waals surface area contributed by atoms with Crippen molar-refractivity contribution in [3.8, 4) is 17.5 Å². The fraction of sp³-hybridized carbons (Fsp3) is 0.375. The Bertz CT molecular complexity index is 611. The van der Waals surface area contributed by atoms with Crippen LogP contribution in [0.4, 0.5) is 0 Å². The summed E-state index contributed by atoms with van der Waals surface area (Å²) in [5.41, 5.74) is 2.07. The number of hydrogen-bond donors (Lipinski definition) is 0. The molecule has 4 heteroatoms. The molecule has 0 aliphatic heterocycles. The fourth-order valence-corrected chi connectivity index (χ4v) is 2.93. The second kappa shape index (κ2) is 6.71. The molecule has 0 saturated heterocycles. The molecule has 0 amide bonds. The standard InChI is InChI=1S/C16H18BrN3/c1-3-4-10-14-15(17)20(12(2)11-18)16(19-14)13-8-6-5-7-9-13/h5-9,12H,3-4,10H2,1-2H3. The van der Waals surface area contributed by atoms with Crippen molar-refractivity contribution in [2.75, 3.05) is 0 Å². The van der Waals surface area contributed by atoms with Gasteiger partial charge in [-0.15, -0.1) is 0 Å². The molecule has 0 radical (unpaired) electrons. The minimum atomic E-state index is -0.248. The third-order valence-electron chi connectivity index (χ3n) is 3.29. The lowest BCUT2D eigenvalue weighted by Crippen LogP contribution is -2.05. The molecule has 0 saturated carbocycles. The van der Waals surface area contributed by atoms with Gasteiger partial charge in [0.25, 0.3) is 0 Å². The van der Waals surface area contributed by atoms with Gasteiger partial charge < -0.3 is 4.57 Å². The lowest BCUT2D eigenvalue weighted by molar-refractivity contribution is 0.664. The summed E-state index contributed by atoms with van der Waals surface area (Å²) in [6, 6.07) is 12.1. The average Bonchev–Trinajstić information content (AvgIpc) is 2.82. The maximum atomic E-state index is 9.25. The van der Waals surface area contributed by atoms with Crippen molar-refractivity contribution in [2.24, 2.45) is 0 Å². The van der Waals surface area contributed by atoms with Crippen LogP contribution in [0.3, 0.4) is 0 Å². The number of aromatic nitrogens is 2. The molecule has 0 N–H and O–H groups in total. The Morgan fingerprint density at radius 3 is 2.65 bits per heavy atom. The molecule has 1 unspecified atom stereocenters. The van der Waals surface area contributed by atoms with E-state index in [0.29, 0.717) is 0 Å². The van der Waals surface area contributed by atoms with E-state index in [1.54, 1.807) is 0 Å². The first kappa shape index (κ1) is 14.8. The Balaban J connectivity index is 2.52. The third-order valence-corrected chi connectivity index (χ3v) is 4.13. The third kappa shape index (κ3) is 2.94. The highest BCUT2D eigenvalue weighted by atomic mass is 79.9. The average molecular weight is 332 g/mol. The van der Waals surface area contributed by atoms with Crippen LogP contribution in [0.1, 0.15) is 38.4 Å². The van der Waals surface area contributed by atoms with Crippen LogP contribution in [0.5, 0.6) is 0 Å². The van der Waals surface area contributed by atoms with Gasteiger partial charge in [0, 0.05) is 5.56 Å². The smallest absolute Gasteiger partial charge is 0.142 e. The Kier molecular flexibility index (Phi) is 4.97. The SMILES string of the molecule is CCCCc1nc(-c2ccccc2)n(C(C)C#N)c1Br. The molecule has 104 valence electrons. The zero-order valence-corrected chi connectivity index (χ0v) is 13.4. The van der Waals surface area contributed by atoms with E-state index in [2.05, 4.69) is 28.9 Å². The monoisotopic (exact) mass is 331 g/mol. The zero-order valence-electron chi connectivity index (χ0n) is 11.8. The maximum Gasteiger partial charge on any atom is 0.142 e. The molecule has 1 aromatic carbocycles. The number of aryl methyl sites for hydroxylation is 1. The maximum absolute atomic E-state index is 9.25. The Hall–Kier alpha value is -1.60. The number of nitrogens with zero attached hydrogens (tertiary/aromatic N) is 3. The van der Waals surface area contributed by atoms with Crippen molar-refractivity contribution >= 4 is 15.9 Å². The highest BCUT2D eigenvalue weighted by Gasteiger charge is 2.19. The number of nitriles is 1. The molecule has 0 aliphatic carbocycles. The minimum absolute atomic E-state index is 0.248. The van der Waals surface area contributed by atoms with Gasteiger partial charge in [-0.3, -0.25) is 0 Å². The predicted octanol–water partition coefficient (Wildman–Crippen LogP) is 4.74. The van der Waals surface area contributed by atoms with Crippen LogP contribution >= 0.6 is 15.9 Å². The lowest BCUT2D eigenvalue weighted by atomic mass is 10.2. The summed E-state index contributed by atoms with van der Waals surface area (Å²) in [5.74, 6) is 0.859. The molecule has 0 aliphatic rings. The first-order valence-electron chi connectivity index (χ1n) is 6.90. The van der Waals surface area contributed by atoms with Gasteiger partial charge in [0.15, 0.2) is 0 Å². The van der Waals surface area contributed by atoms with E-state index in [1.807, 2.05) is 41.8 Å². The van der Waals surface area contributed by atoms with Gasteiger partial charge in [-0.25, -0.2) is 4.98 Å². The van der Waals surface area contributed by atoms with Crippen molar-refractivity contribution in [3.05, 3.63) is 40.6 Å². The predicted molar refractivity (Wildman–Crippen MR) is 84.3 cm³/mol. The molecular formula is C16H18BrN3. The molecule has 0 fully saturated rings. The molecule has 0 spiro atoms. The van der Waals surface area contributed by atoms with Crippen molar-refractivity contribution in [2.45, 2.75) is 39.2 Å². The number of imidazole rings is 1. The van der Waals surface area contributed by atoms with Gasteiger partial charge in [-0.2, -0.15) is 5.26 Å². The van der Waals surface area contributed by atoms with Crippen LogP contribution in [0.2, 0.25) is 0 Å². The molecule has 1 aromatic heterocycles. The van der Waals surface area contributed by atoms with Crippen molar-refractivity contribution < 1.29 is 0 Å². The van der Waals surface area contributed by atoms with Crippen molar-refractivity contribution in [1.29, 1.82) is 5.26 Å². The zero-order chi connectivity index (χ0) is 14.5. The normalized spacial score (nSPS) is 12.1. The van der Waals surface area contributed by atoms with E-state index in [-0.39, 0.29) is 6.04 Å². The topological polar surface area (TPSA) is 41.6 Å². The summed E-state index contributed by atoms with van der Waals surface area (Å²) in [6.07, 6.45) is 3.17. The molecule has 20 heavy (non-hydrogen) atoms. The largest absolute Gasteiger partial charge is 0.302 e. The van der Waals surface area contributed by atoms with Gasteiger partial charge in [0.05, 0.1) is 11.8 Å². The summed E-state index contributed by atoms with van der Waals surface area (Å²) in [6.45, 7) is 4.06. The van der Waals surface area contributed by atoms with E-state index in [9.17, 15) is 5.26 Å². The van der Waals surface area contributed by atoms with Crippen LogP contribution in [0, 0.1) is 11.3 Å². The highest BCUT2D eigenvalue weighted by molar-refractivity contribution is 9.10. The van der Waals surface area contributed by atoms with Gasteiger partial charge in [-0.05, 0) is 35.7 Å². The molecule has 3 nitrogen and oxygen atoms in total. The molecule has 1 atom stereocenters. The summed E-state index contributed by atoms with van der Waals surface area (Å²) in [7, 11) is 0. The Morgan fingerprint density at radius 2 is 2.05 bits per heavy atom. The summed E-state index contributed by atoms with van der Waals surface area (Å²) in [4.78, 5) is 4.75. The van der Waals surface area contributed by atoms with E-state index in [1.165, 1.54) is 0 Å². The van der Waals surface area contributed by atoms with Gasteiger partial charge in [0.1, 0.15) is 16.5 Å². The van der Waals surface area contributed by atoms with E-state index >= 15 is 0 Å². The minimum Gasteiger partial charge on any atom is -0.302 e. The van der Waals surface area contributed by atoms with Gasteiger partial charge >= 0.3 is 0 Å². The summed E-state index contributed by atoms with van der Waals surface area (Å²) >= 11 is 3.62. The van der Waals surface area contributed by atoms with E-state index in [0.717, 1.165) is 40.9 Å². The number of hydrogen-bond acceptors (Lipinski definition) is 2. The Labute approximate surface area is 128 Å². The van der Waals surface area contributed by atoms with Crippen LogP contribution in [-0.4, -0.2) is 9.55 Å². The van der Waals surface area contributed by atoms with Crippen LogP contribution < -0.4 is 0 Å². The molecule has 2 aromatic rings. The lowest BCUT2D eigenvalue weighted by Gasteiger charge is -2.11. The number of rotatable bonds is 5. The summed E-state index contributed by atoms with van der Waals surface area (Å²) < 4.78 is 2.90. The number of benzene rings is 1. The molecule has 2 rings (SSSR count). The number of unbranched alkanes of at least 4 members (excludes halogenated alkanes) is 1. The Morgan fingerprint density at radius 1 is 1.35 bits per heavy atom. The van der Waals surface area contributed by atoms with Crippen LogP contribution in [0.25, 0.3) is 11.4 Å². The van der Waals surface area contributed by atoms with Crippen LogP contribution in [-0.2, 0) is 6.42 Å². The second-order valence-corrected chi connectivity index (χ2v) is 5.57. The van der Waals surface area contributed by atoms with Crippen LogP contribution in [0.15, 0.2) is 34.9 Å². The molecule has 0 bridgehead atoms. The molecule has 1 heterocycles. The number of halogens is 1. The molecular weight excluding hydrogens is 314 g/mol. The van der Waals surface area contributed by atoms with Gasteiger partial charge in [0.2, 0.25) is 0 Å².